The smallest absolute Gasteiger partial charge is 0.252 e. The zero-order valence-corrected chi connectivity index (χ0v) is 16.0. The van der Waals surface area contributed by atoms with Gasteiger partial charge in [0.25, 0.3) is 5.91 Å². The minimum Gasteiger partial charge on any atom is -0.492 e. The van der Waals surface area contributed by atoms with Gasteiger partial charge in [0.1, 0.15) is 18.2 Å². The molecule has 28 heavy (non-hydrogen) atoms. The largest absolute Gasteiger partial charge is 0.492 e. The van der Waals surface area contributed by atoms with E-state index in [2.05, 4.69) is 5.32 Å². The first-order chi connectivity index (χ1) is 13.5. The first kappa shape index (κ1) is 20.2. The predicted molar refractivity (Wildman–Crippen MR) is 100 cm³/mol. The van der Waals surface area contributed by atoms with Crippen LogP contribution >= 0.6 is 0 Å². The number of carbonyl (C=O) groups excluding carboxylic acids is 1. The molecule has 0 saturated carbocycles. The van der Waals surface area contributed by atoms with Gasteiger partial charge in [-0.3, -0.25) is 4.79 Å². The van der Waals surface area contributed by atoms with Gasteiger partial charge in [0, 0.05) is 19.2 Å². The number of nitrogens with one attached hydrogen (secondary N) is 1. The molecule has 0 aliphatic carbocycles. The number of nitrogens with zero attached hydrogens (tertiary/aromatic N) is 1. The molecule has 9 heteroatoms. The van der Waals surface area contributed by atoms with Crippen molar-refractivity contribution in [3.05, 3.63) is 59.9 Å². The summed E-state index contributed by atoms with van der Waals surface area (Å²) in [5.74, 6) is -0.580. The number of benzene rings is 2. The lowest BCUT2D eigenvalue weighted by Crippen LogP contribution is -2.41. The van der Waals surface area contributed by atoms with Gasteiger partial charge in [-0.1, -0.05) is 18.2 Å². The summed E-state index contributed by atoms with van der Waals surface area (Å²) in [5.41, 5.74) is 0.0692. The molecule has 150 valence electrons. The number of carbonyl (C=O) groups is 1. The lowest BCUT2D eigenvalue weighted by molar-refractivity contribution is 0.0729. The van der Waals surface area contributed by atoms with E-state index in [1.165, 1.54) is 34.6 Å². The second-order valence-electron chi connectivity index (χ2n) is 6.07. The summed E-state index contributed by atoms with van der Waals surface area (Å²) in [5, 5.41) is 2.63. The van der Waals surface area contributed by atoms with E-state index in [-0.39, 0.29) is 36.7 Å². The molecule has 0 unspecified atom stereocenters. The van der Waals surface area contributed by atoms with Gasteiger partial charge < -0.3 is 14.8 Å². The molecule has 1 amide bonds. The number of sulfonamides is 1. The maximum Gasteiger partial charge on any atom is 0.252 e. The van der Waals surface area contributed by atoms with Crippen LogP contribution in [0.25, 0.3) is 0 Å². The second-order valence-corrected chi connectivity index (χ2v) is 7.98. The molecular weight excluding hydrogens is 387 g/mol. The van der Waals surface area contributed by atoms with Crippen LogP contribution in [0.15, 0.2) is 53.4 Å². The fourth-order valence-corrected chi connectivity index (χ4v) is 4.39. The topological polar surface area (TPSA) is 84.9 Å². The SMILES string of the molecule is O=C(NCCOc1cccc(F)c1)c1ccccc1S(=O)(=O)N1CCOCC1. The molecule has 1 heterocycles. The van der Waals surface area contributed by atoms with Crippen LogP contribution in [0.4, 0.5) is 4.39 Å². The fraction of sp³-hybridized carbons (Fsp3) is 0.316. The van der Waals surface area contributed by atoms with Crippen LogP contribution in [0, 0.1) is 5.82 Å². The van der Waals surface area contributed by atoms with Crippen molar-refractivity contribution in [2.24, 2.45) is 0 Å². The molecule has 0 atom stereocenters. The average molecular weight is 408 g/mol. The highest BCUT2D eigenvalue weighted by molar-refractivity contribution is 7.89. The molecule has 1 saturated heterocycles. The van der Waals surface area contributed by atoms with Gasteiger partial charge in [-0.15, -0.1) is 0 Å². The average Bonchev–Trinajstić information content (AvgIpc) is 2.72. The summed E-state index contributed by atoms with van der Waals surface area (Å²) in [6, 6.07) is 11.8. The van der Waals surface area contributed by atoms with Crippen molar-refractivity contribution in [2.75, 3.05) is 39.5 Å². The third-order valence-electron chi connectivity index (χ3n) is 4.17. The third kappa shape index (κ3) is 4.86. The first-order valence-electron chi connectivity index (χ1n) is 8.82. The van der Waals surface area contributed by atoms with Gasteiger partial charge in [-0.05, 0) is 24.3 Å². The number of amides is 1. The van der Waals surface area contributed by atoms with Crippen LogP contribution in [0.1, 0.15) is 10.4 Å². The van der Waals surface area contributed by atoms with E-state index in [1.807, 2.05) is 0 Å². The maximum absolute atomic E-state index is 13.1. The number of hydrogen-bond donors (Lipinski definition) is 1. The molecule has 0 aromatic heterocycles. The van der Waals surface area contributed by atoms with Crippen molar-refractivity contribution in [1.82, 2.24) is 9.62 Å². The molecule has 2 aromatic rings. The van der Waals surface area contributed by atoms with E-state index in [9.17, 15) is 17.6 Å². The maximum atomic E-state index is 13.1. The zero-order chi connectivity index (χ0) is 20.0. The Kier molecular flexibility index (Phi) is 6.61. The van der Waals surface area contributed by atoms with E-state index < -0.39 is 21.7 Å². The molecule has 1 aliphatic rings. The minimum absolute atomic E-state index is 0.0413. The predicted octanol–water partition coefficient (Wildman–Crippen LogP) is 1.66. The Morgan fingerprint density at radius 3 is 2.64 bits per heavy atom. The minimum atomic E-state index is -3.80. The summed E-state index contributed by atoms with van der Waals surface area (Å²) >= 11 is 0. The van der Waals surface area contributed by atoms with Crippen LogP contribution < -0.4 is 10.1 Å². The van der Waals surface area contributed by atoms with Gasteiger partial charge in [-0.2, -0.15) is 4.31 Å². The van der Waals surface area contributed by atoms with Crippen LogP contribution in [0.3, 0.4) is 0 Å². The van der Waals surface area contributed by atoms with Gasteiger partial charge in [0.2, 0.25) is 10.0 Å². The molecule has 1 aliphatic heterocycles. The van der Waals surface area contributed by atoms with Gasteiger partial charge >= 0.3 is 0 Å². The number of ether oxygens (including phenoxy) is 2. The molecule has 7 nitrogen and oxygen atoms in total. The normalized spacial score (nSPS) is 15.2. The standard InChI is InChI=1S/C19H21FN2O5S/c20-15-4-3-5-16(14-15)27-11-8-21-19(23)17-6-1-2-7-18(17)28(24,25)22-9-12-26-13-10-22/h1-7,14H,8-13H2,(H,21,23). The lowest BCUT2D eigenvalue weighted by atomic mass is 10.2. The van der Waals surface area contributed by atoms with Crippen molar-refractivity contribution >= 4 is 15.9 Å². The molecular formula is C19H21FN2O5S. The van der Waals surface area contributed by atoms with Crippen molar-refractivity contribution < 1.29 is 27.1 Å². The molecule has 0 spiro atoms. The molecule has 1 N–H and O–H groups in total. The number of morpholine rings is 1. The Morgan fingerprint density at radius 2 is 1.89 bits per heavy atom. The van der Waals surface area contributed by atoms with E-state index in [0.717, 1.165) is 0 Å². The van der Waals surface area contributed by atoms with Crippen LogP contribution in [-0.2, 0) is 14.8 Å². The van der Waals surface area contributed by atoms with Gasteiger partial charge in [-0.25, -0.2) is 12.8 Å². The van der Waals surface area contributed by atoms with Crippen molar-refractivity contribution in [3.63, 3.8) is 0 Å². The Hall–Kier alpha value is -2.49. The highest BCUT2D eigenvalue weighted by Crippen LogP contribution is 2.21. The summed E-state index contributed by atoms with van der Waals surface area (Å²) in [4.78, 5) is 12.5. The molecule has 1 fully saturated rings. The molecule has 3 rings (SSSR count). The third-order valence-corrected chi connectivity index (χ3v) is 6.13. The Labute approximate surface area is 163 Å². The molecule has 0 radical (unpaired) electrons. The number of hydrogen-bond acceptors (Lipinski definition) is 5. The monoisotopic (exact) mass is 408 g/mol. The Bertz CT molecular complexity index is 929. The van der Waals surface area contributed by atoms with E-state index in [4.69, 9.17) is 9.47 Å². The summed E-state index contributed by atoms with van der Waals surface area (Å²) in [6.45, 7) is 1.41. The Balaban J connectivity index is 1.64. The quantitative estimate of drug-likeness (QED) is 0.705. The Morgan fingerprint density at radius 1 is 1.14 bits per heavy atom. The summed E-state index contributed by atoms with van der Waals surface area (Å²) in [7, 11) is -3.80. The van der Waals surface area contributed by atoms with Crippen LogP contribution in [-0.4, -0.2) is 58.1 Å². The highest BCUT2D eigenvalue weighted by atomic mass is 32.2. The molecule has 0 bridgehead atoms. The zero-order valence-electron chi connectivity index (χ0n) is 15.1. The summed E-state index contributed by atoms with van der Waals surface area (Å²) in [6.07, 6.45) is 0. The summed E-state index contributed by atoms with van der Waals surface area (Å²) < 4.78 is 50.8. The van der Waals surface area contributed by atoms with Gasteiger partial charge in [0.05, 0.1) is 30.2 Å². The fourth-order valence-electron chi connectivity index (χ4n) is 2.79. The van der Waals surface area contributed by atoms with Crippen molar-refractivity contribution in [3.8, 4) is 5.75 Å². The van der Waals surface area contributed by atoms with Gasteiger partial charge in [0.15, 0.2) is 0 Å². The van der Waals surface area contributed by atoms with Crippen molar-refractivity contribution in [2.45, 2.75) is 4.90 Å². The number of halogens is 1. The first-order valence-corrected chi connectivity index (χ1v) is 10.3. The highest BCUT2D eigenvalue weighted by Gasteiger charge is 2.29. The molecule has 2 aromatic carbocycles. The van der Waals surface area contributed by atoms with Crippen LogP contribution in [0.2, 0.25) is 0 Å². The van der Waals surface area contributed by atoms with E-state index in [0.29, 0.717) is 19.0 Å². The lowest BCUT2D eigenvalue weighted by Gasteiger charge is -2.26. The second kappa shape index (κ2) is 9.13. The van der Waals surface area contributed by atoms with E-state index in [1.54, 1.807) is 18.2 Å². The van der Waals surface area contributed by atoms with Crippen molar-refractivity contribution in [1.29, 1.82) is 0 Å². The number of rotatable bonds is 7. The van der Waals surface area contributed by atoms with E-state index >= 15 is 0 Å². The van der Waals surface area contributed by atoms with Crippen LogP contribution in [0.5, 0.6) is 5.75 Å².